The molecule has 0 aromatic heterocycles. The van der Waals surface area contributed by atoms with Crippen LogP contribution in [-0.2, 0) is 0 Å². The summed E-state index contributed by atoms with van der Waals surface area (Å²) in [7, 11) is 0. The fraction of sp³-hybridized carbons (Fsp3) is 0.533. The van der Waals surface area contributed by atoms with E-state index in [1.165, 1.54) is 0 Å². The average Bonchev–Trinajstić information content (AvgIpc) is 2.33. The van der Waals surface area contributed by atoms with Gasteiger partial charge in [0, 0.05) is 29.5 Å². The molecular weight excluding hydrogens is 326 g/mol. The summed E-state index contributed by atoms with van der Waals surface area (Å²) in [6, 6.07) is 5.40. The van der Waals surface area contributed by atoms with E-state index in [0.717, 1.165) is 24.1 Å². The third kappa shape index (κ3) is 5.64. The first-order valence-corrected chi connectivity index (χ1v) is 7.81. The molecule has 0 aliphatic carbocycles. The van der Waals surface area contributed by atoms with Crippen molar-refractivity contribution in [2.24, 2.45) is 5.92 Å². The maximum Gasteiger partial charge on any atom is 0.165 e. The van der Waals surface area contributed by atoms with Crippen molar-refractivity contribution < 1.29 is 4.79 Å². The molecule has 106 valence electrons. The lowest BCUT2D eigenvalue weighted by atomic mass is 10.1. The number of halogens is 2. The molecule has 0 N–H and O–H groups in total. The minimum absolute atomic E-state index is 0.111. The van der Waals surface area contributed by atoms with Gasteiger partial charge in [0.15, 0.2) is 5.78 Å². The van der Waals surface area contributed by atoms with Crippen LogP contribution in [0.5, 0.6) is 0 Å². The molecule has 0 aliphatic heterocycles. The lowest BCUT2D eigenvalue weighted by molar-refractivity contribution is 0.0962. The number of ketones is 1. The number of carbonyl (C=O) groups is 1. The SMILES string of the molecule is CCN(CCC(=O)c1ccc(Br)cc1Cl)CC(C)C. The monoisotopic (exact) mass is 345 g/mol. The highest BCUT2D eigenvalue weighted by Gasteiger charge is 2.13. The fourth-order valence-corrected chi connectivity index (χ4v) is 2.78. The van der Waals surface area contributed by atoms with Crippen LogP contribution in [0.15, 0.2) is 22.7 Å². The molecule has 19 heavy (non-hydrogen) atoms. The minimum atomic E-state index is 0.111. The fourth-order valence-electron chi connectivity index (χ4n) is 2.00. The van der Waals surface area contributed by atoms with Gasteiger partial charge in [0.25, 0.3) is 0 Å². The van der Waals surface area contributed by atoms with E-state index in [1.807, 2.05) is 6.07 Å². The summed E-state index contributed by atoms with van der Waals surface area (Å²) in [4.78, 5) is 14.5. The first-order chi connectivity index (χ1) is 8.93. The lowest BCUT2D eigenvalue weighted by Crippen LogP contribution is -2.29. The molecule has 0 heterocycles. The summed E-state index contributed by atoms with van der Waals surface area (Å²) in [5.74, 6) is 0.728. The number of hydrogen-bond acceptors (Lipinski definition) is 2. The van der Waals surface area contributed by atoms with Gasteiger partial charge in [-0.1, -0.05) is 48.3 Å². The van der Waals surface area contributed by atoms with E-state index in [4.69, 9.17) is 11.6 Å². The van der Waals surface area contributed by atoms with Crippen molar-refractivity contribution in [3.05, 3.63) is 33.3 Å². The Labute approximate surface area is 129 Å². The summed E-state index contributed by atoms with van der Waals surface area (Å²) >= 11 is 9.44. The van der Waals surface area contributed by atoms with E-state index < -0.39 is 0 Å². The van der Waals surface area contributed by atoms with Crippen molar-refractivity contribution in [3.8, 4) is 0 Å². The summed E-state index contributed by atoms with van der Waals surface area (Å²) in [5.41, 5.74) is 0.616. The normalized spacial score (nSPS) is 11.3. The zero-order valence-corrected chi connectivity index (χ0v) is 14.1. The van der Waals surface area contributed by atoms with Crippen molar-refractivity contribution in [3.63, 3.8) is 0 Å². The van der Waals surface area contributed by atoms with Gasteiger partial charge in [-0.2, -0.15) is 0 Å². The predicted octanol–water partition coefficient (Wildman–Crippen LogP) is 4.65. The number of Topliss-reactive ketones (excluding diaryl/α,β-unsaturated/α-hetero) is 1. The zero-order chi connectivity index (χ0) is 14.4. The van der Waals surface area contributed by atoms with Crippen molar-refractivity contribution in [1.82, 2.24) is 4.90 Å². The second-order valence-electron chi connectivity index (χ2n) is 5.08. The highest BCUT2D eigenvalue weighted by molar-refractivity contribution is 9.10. The quantitative estimate of drug-likeness (QED) is 0.670. The van der Waals surface area contributed by atoms with Crippen LogP contribution in [0.4, 0.5) is 0 Å². The number of rotatable bonds is 7. The highest BCUT2D eigenvalue weighted by atomic mass is 79.9. The van der Waals surface area contributed by atoms with Gasteiger partial charge in [-0.3, -0.25) is 4.79 Å². The molecule has 1 rings (SSSR count). The van der Waals surface area contributed by atoms with Crippen LogP contribution in [-0.4, -0.2) is 30.3 Å². The molecule has 0 atom stereocenters. The van der Waals surface area contributed by atoms with Gasteiger partial charge in [0.2, 0.25) is 0 Å². The molecular formula is C15H21BrClNO. The van der Waals surface area contributed by atoms with Crippen LogP contribution in [0.3, 0.4) is 0 Å². The molecule has 0 saturated heterocycles. The van der Waals surface area contributed by atoms with Gasteiger partial charge in [0.05, 0.1) is 5.02 Å². The first-order valence-electron chi connectivity index (χ1n) is 6.64. The van der Waals surface area contributed by atoms with Crippen LogP contribution in [0, 0.1) is 5.92 Å². The molecule has 0 fully saturated rings. The van der Waals surface area contributed by atoms with Crippen molar-refractivity contribution in [1.29, 1.82) is 0 Å². The maximum atomic E-state index is 12.2. The first kappa shape index (κ1) is 16.7. The highest BCUT2D eigenvalue weighted by Crippen LogP contribution is 2.22. The van der Waals surface area contributed by atoms with Gasteiger partial charge in [-0.25, -0.2) is 0 Å². The van der Waals surface area contributed by atoms with Crippen molar-refractivity contribution >= 4 is 33.3 Å². The zero-order valence-electron chi connectivity index (χ0n) is 11.7. The van der Waals surface area contributed by atoms with E-state index in [1.54, 1.807) is 12.1 Å². The van der Waals surface area contributed by atoms with E-state index in [9.17, 15) is 4.79 Å². The molecule has 1 aromatic carbocycles. The Morgan fingerprint density at radius 2 is 2.11 bits per heavy atom. The topological polar surface area (TPSA) is 20.3 Å². The van der Waals surface area contributed by atoms with Crippen LogP contribution in [0.25, 0.3) is 0 Å². The molecule has 0 amide bonds. The van der Waals surface area contributed by atoms with E-state index in [-0.39, 0.29) is 5.78 Å². The largest absolute Gasteiger partial charge is 0.303 e. The molecule has 0 radical (unpaired) electrons. The number of nitrogens with zero attached hydrogens (tertiary/aromatic N) is 1. The number of hydrogen-bond donors (Lipinski definition) is 0. The van der Waals surface area contributed by atoms with Crippen LogP contribution < -0.4 is 0 Å². The van der Waals surface area contributed by atoms with E-state index in [2.05, 4.69) is 41.6 Å². The molecule has 0 saturated carbocycles. The Bertz CT molecular complexity index is 434. The minimum Gasteiger partial charge on any atom is -0.303 e. The van der Waals surface area contributed by atoms with E-state index in [0.29, 0.717) is 22.9 Å². The molecule has 0 aliphatic rings. The Kier molecular flexibility index (Phi) is 7.05. The molecule has 0 spiro atoms. The maximum absolute atomic E-state index is 12.2. The second kappa shape index (κ2) is 8.03. The summed E-state index contributed by atoms with van der Waals surface area (Å²) < 4.78 is 0.893. The second-order valence-corrected chi connectivity index (χ2v) is 6.41. The molecule has 0 unspecified atom stereocenters. The summed E-state index contributed by atoms with van der Waals surface area (Å²) in [5, 5.41) is 0.520. The van der Waals surface area contributed by atoms with Gasteiger partial charge < -0.3 is 4.90 Å². The van der Waals surface area contributed by atoms with Gasteiger partial charge in [0.1, 0.15) is 0 Å². The smallest absolute Gasteiger partial charge is 0.165 e. The average molecular weight is 347 g/mol. The Balaban J connectivity index is 2.59. The predicted molar refractivity (Wildman–Crippen MR) is 85.1 cm³/mol. The third-order valence-electron chi connectivity index (χ3n) is 2.96. The summed E-state index contributed by atoms with van der Waals surface area (Å²) in [6.07, 6.45) is 0.516. The van der Waals surface area contributed by atoms with Gasteiger partial charge in [-0.05, 0) is 30.7 Å². The van der Waals surface area contributed by atoms with Gasteiger partial charge in [-0.15, -0.1) is 0 Å². The van der Waals surface area contributed by atoms with E-state index >= 15 is 0 Å². The van der Waals surface area contributed by atoms with Crippen molar-refractivity contribution in [2.45, 2.75) is 27.2 Å². The number of carbonyl (C=O) groups excluding carboxylic acids is 1. The van der Waals surface area contributed by atoms with Crippen molar-refractivity contribution in [2.75, 3.05) is 19.6 Å². The molecule has 4 heteroatoms. The standard InChI is InChI=1S/C15H21BrClNO/c1-4-18(10-11(2)3)8-7-15(19)13-6-5-12(16)9-14(13)17/h5-6,9,11H,4,7-8,10H2,1-3H3. The number of benzene rings is 1. The Hall–Kier alpha value is -0.380. The lowest BCUT2D eigenvalue weighted by Gasteiger charge is -2.22. The molecule has 2 nitrogen and oxygen atoms in total. The van der Waals surface area contributed by atoms with Crippen LogP contribution in [0.1, 0.15) is 37.6 Å². The summed E-state index contributed by atoms with van der Waals surface area (Å²) in [6.45, 7) is 9.29. The third-order valence-corrected chi connectivity index (χ3v) is 3.76. The van der Waals surface area contributed by atoms with Gasteiger partial charge >= 0.3 is 0 Å². The molecule has 0 bridgehead atoms. The van der Waals surface area contributed by atoms with Crippen LogP contribution in [0.2, 0.25) is 5.02 Å². The Morgan fingerprint density at radius 1 is 1.42 bits per heavy atom. The van der Waals surface area contributed by atoms with Crippen LogP contribution >= 0.6 is 27.5 Å². The molecule has 1 aromatic rings. The Morgan fingerprint density at radius 3 is 2.63 bits per heavy atom.